The Labute approximate surface area is 197 Å². The zero-order valence-corrected chi connectivity index (χ0v) is 19.8. The summed E-state index contributed by atoms with van der Waals surface area (Å²) in [5.74, 6) is 2.21. The number of fused-ring (bicyclic) bond motifs is 3. The molecule has 4 atom stereocenters. The van der Waals surface area contributed by atoms with Crippen LogP contribution in [0.15, 0.2) is 53.9 Å². The number of carbonyl (C=O) groups excluding carboxylic acids is 1. The minimum Gasteiger partial charge on any atom is -0.349 e. The Morgan fingerprint density at radius 2 is 2.00 bits per heavy atom. The third-order valence-electron chi connectivity index (χ3n) is 7.63. The predicted octanol–water partition coefficient (Wildman–Crippen LogP) is 6.01. The quantitative estimate of drug-likeness (QED) is 0.400. The smallest absolute Gasteiger partial charge is 0.252 e. The molecule has 2 bridgehead atoms. The van der Waals surface area contributed by atoms with Crippen LogP contribution in [0.1, 0.15) is 48.7 Å². The van der Waals surface area contributed by atoms with E-state index in [2.05, 4.69) is 18.3 Å². The van der Waals surface area contributed by atoms with Gasteiger partial charge in [0, 0.05) is 6.04 Å². The van der Waals surface area contributed by atoms with Gasteiger partial charge in [0.2, 0.25) is 0 Å². The molecule has 1 aromatic carbocycles. The third kappa shape index (κ3) is 3.57. The molecular weight excluding hydrogens is 428 g/mol. The van der Waals surface area contributed by atoms with Gasteiger partial charge in [-0.25, -0.2) is 9.67 Å². The van der Waals surface area contributed by atoms with Crippen LogP contribution in [0.25, 0.3) is 27.3 Å². The van der Waals surface area contributed by atoms with E-state index >= 15 is 0 Å². The SMILES string of the molecule is Cc1nn(-c2ccccc2)c2nc(-c3cccs3)cc(C(=O)N[C@@H](C)[C@H]3C[C@H]4CC[C@H]3C4)c12. The summed E-state index contributed by atoms with van der Waals surface area (Å²) in [5, 5.41) is 11.0. The first-order valence-electron chi connectivity index (χ1n) is 11.9. The molecule has 0 radical (unpaired) electrons. The van der Waals surface area contributed by atoms with Crippen molar-refractivity contribution in [2.45, 2.75) is 45.6 Å². The first-order chi connectivity index (χ1) is 16.1. The first kappa shape index (κ1) is 20.6. The molecule has 1 amide bonds. The molecule has 2 aliphatic carbocycles. The maximum atomic E-state index is 13.7. The van der Waals surface area contributed by atoms with Crippen molar-refractivity contribution in [2.24, 2.45) is 17.8 Å². The fourth-order valence-electron chi connectivity index (χ4n) is 6.07. The molecule has 5 nitrogen and oxygen atoms in total. The summed E-state index contributed by atoms with van der Waals surface area (Å²) < 4.78 is 1.86. The average Bonchev–Trinajstić information content (AvgIpc) is 3.63. The second kappa shape index (κ2) is 8.10. The second-order valence-electron chi connectivity index (χ2n) is 9.66. The first-order valence-corrected chi connectivity index (χ1v) is 12.8. The van der Waals surface area contributed by atoms with Crippen LogP contribution in [-0.4, -0.2) is 26.7 Å². The number of nitrogens with zero attached hydrogens (tertiary/aromatic N) is 3. The van der Waals surface area contributed by atoms with Crippen molar-refractivity contribution in [3.8, 4) is 16.3 Å². The van der Waals surface area contributed by atoms with Gasteiger partial charge in [-0.05, 0) is 80.5 Å². The van der Waals surface area contributed by atoms with Crippen LogP contribution in [-0.2, 0) is 0 Å². The van der Waals surface area contributed by atoms with Crippen LogP contribution in [0.4, 0.5) is 0 Å². The van der Waals surface area contributed by atoms with Crippen LogP contribution in [0.3, 0.4) is 0 Å². The standard InChI is InChI=1S/C27H28N4OS/c1-16(21-14-18-10-11-19(21)13-18)28-27(32)22-15-23(24-9-6-12-33-24)29-26-25(22)17(2)30-31(26)20-7-4-3-5-8-20/h3-9,12,15-16,18-19,21H,10-11,13-14H2,1-2H3,(H,28,32)/t16-,18-,19-,21+/m0/s1. The molecule has 33 heavy (non-hydrogen) atoms. The molecule has 1 N–H and O–H groups in total. The molecular formula is C27H28N4OS. The number of amides is 1. The zero-order chi connectivity index (χ0) is 22.5. The van der Waals surface area contributed by atoms with E-state index in [0.29, 0.717) is 11.5 Å². The summed E-state index contributed by atoms with van der Waals surface area (Å²) in [7, 11) is 0. The van der Waals surface area contributed by atoms with Gasteiger partial charge in [-0.3, -0.25) is 4.79 Å². The lowest BCUT2D eigenvalue weighted by molar-refractivity contribution is 0.0917. The van der Waals surface area contributed by atoms with E-state index in [1.165, 1.54) is 25.7 Å². The highest BCUT2D eigenvalue weighted by atomic mass is 32.1. The largest absolute Gasteiger partial charge is 0.349 e. The van der Waals surface area contributed by atoms with Gasteiger partial charge in [0.05, 0.1) is 32.9 Å². The molecule has 0 saturated heterocycles. The van der Waals surface area contributed by atoms with Crippen LogP contribution < -0.4 is 5.32 Å². The van der Waals surface area contributed by atoms with Gasteiger partial charge in [-0.2, -0.15) is 5.10 Å². The predicted molar refractivity (Wildman–Crippen MR) is 133 cm³/mol. The number of para-hydroxylation sites is 1. The van der Waals surface area contributed by atoms with E-state index in [4.69, 9.17) is 10.1 Å². The lowest BCUT2D eigenvalue weighted by atomic mass is 9.84. The van der Waals surface area contributed by atoms with Crippen molar-refractivity contribution >= 4 is 28.3 Å². The van der Waals surface area contributed by atoms with Gasteiger partial charge in [0.15, 0.2) is 5.65 Å². The molecule has 4 aromatic rings. The van der Waals surface area contributed by atoms with E-state index in [1.807, 2.05) is 59.5 Å². The molecule has 6 heteroatoms. The Morgan fingerprint density at radius 1 is 1.15 bits per heavy atom. The average molecular weight is 457 g/mol. The maximum Gasteiger partial charge on any atom is 0.252 e. The van der Waals surface area contributed by atoms with Gasteiger partial charge < -0.3 is 5.32 Å². The normalized spacial score (nSPS) is 22.7. The van der Waals surface area contributed by atoms with Crippen molar-refractivity contribution in [1.82, 2.24) is 20.1 Å². The van der Waals surface area contributed by atoms with Crippen molar-refractivity contribution in [3.05, 3.63) is 65.2 Å². The van der Waals surface area contributed by atoms with Gasteiger partial charge in [0.25, 0.3) is 5.91 Å². The number of nitrogens with one attached hydrogen (secondary N) is 1. The molecule has 0 spiro atoms. The van der Waals surface area contributed by atoms with Crippen LogP contribution in [0.2, 0.25) is 0 Å². The number of hydrogen-bond acceptors (Lipinski definition) is 4. The van der Waals surface area contributed by atoms with Gasteiger partial charge >= 0.3 is 0 Å². The lowest BCUT2D eigenvalue weighted by Crippen LogP contribution is -2.40. The molecule has 2 saturated carbocycles. The third-order valence-corrected chi connectivity index (χ3v) is 8.52. The van der Waals surface area contributed by atoms with Crippen molar-refractivity contribution in [2.75, 3.05) is 0 Å². The minimum absolute atomic E-state index is 0.0220. The van der Waals surface area contributed by atoms with Gasteiger partial charge in [-0.15, -0.1) is 11.3 Å². The highest BCUT2D eigenvalue weighted by molar-refractivity contribution is 7.13. The molecule has 2 aliphatic rings. The molecule has 0 aliphatic heterocycles. The fourth-order valence-corrected chi connectivity index (χ4v) is 6.75. The second-order valence-corrected chi connectivity index (χ2v) is 10.6. The summed E-state index contributed by atoms with van der Waals surface area (Å²) in [6.45, 7) is 4.15. The monoisotopic (exact) mass is 456 g/mol. The number of hydrogen-bond donors (Lipinski definition) is 1. The summed E-state index contributed by atoms with van der Waals surface area (Å²) in [4.78, 5) is 19.7. The number of benzene rings is 1. The van der Waals surface area contributed by atoms with E-state index in [0.717, 1.165) is 44.8 Å². The molecule has 168 valence electrons. The van der Waals surface area contributed by atoms with Crippen LogP contribution in [0.5, 0.6) is 0 Å². The molecule has 2 fully saturated rings. The highest BCUT2D eigenvalue weighted by Crippen LogP contribution is 2.49. The van der Waals surface area contributed by atoms with Crippen LogP contribution in [0, 0.1) is 24.7 Å². The van der Waals surface area contributed by atoms with Crippen molar-refractivity contribution in [3.63, 3.8) is 0 Å². The molecule has 3 aromatic heterocycles. The van der Waals surface area contributed by atoms with Crippen LogP contribution >= 0.6 is 11.3 Å². The number of aromatic nitrogens is 3. The number of carbonyl (C=O) groups is 1. The Balaban J connectivity index is 1.43. The van der Waals surface area contributed by atoms with E-state index in [9.17, 15) is 4.79 Å². The Morgan fingerprint density at radius 3 is 2.70 bits per heavy atom. The topological polar surface area (TPSA) is 59.8 Å². The lowest BCUT2D eigenvalue weighted by Gasteiger charge is -2.28. The summed E-state index contributed by atoms with van der Waals surface area (Å²) in [6.07, 6.45) is 5.29. The summed E-state index contributed by atoms with van der Waals surface area (Å²) in [5.41, 5.74) is 3.96. The minimum atomic E-state index is -0.0220. The van der Waals surface area contributed by atoms with Crippen molar-refractivity contribution < 1.29 is 4.79 Å². The fraction of sp³-hybridized carbons (Fsp3) is 0.370. The Kier molecular flexibility index (Phi) is 5.06. The van der Waals surface area contributed by atoms with E-state index in [-0.39, 0.29) is 11.9 Å². The van der Waals surface area contributed by atoms with Gasteiger partial charge in [0.1, 0.15) is 0 Å². The Hall–Kier alpha value is -2.99. The maximum absolute atomic E-state index is 13.7. The number of pyridine rings is 1. The zero-order valence-electron chi connectivity index (χ0n) is 19.0. The molecule has 0 unspecified atom stereocenters. The summed E-state index contributed by atoms with van der Waals surface area (Å²) in [6, 6.07) is 16.2. The van der Waals surface area contributed by atoms with E-state index < -0.39 is 0 Å². The molecule has 6 rings (SSSR count). The number of thiophene rings is 1. The van der Waals surface area contributed by atoms with E-state index in [1.54, 1.807) is 11.3 Å². The van der Waals surface area contributed by atoms with Gasteiger partial charge in [-0.1, -0.05) is 30.7 Å². The highest BCUT2D eigenvalue weighted by Gasteiger charge is 2.42. The number of rotatable bonds is 5. The number of aryl methyl sites for hydroxylation is 1. The van der Waals surface area contributed by atoms with Crippen molar-refractivity contribution in [1.29, 1.82) is 0 Å². The Bertz CT molecular complexity index is 1310. The molecule has 3 heterocycles. The summed E-state index contributed by atoms with van der Waals surface area (Å²) >= 11 is 1.63.